The number of hydrogen-bond donors (Lipinski definition) is 3. The first-order valence-electron chi connectivity index (χ1n) is 13.4. The highest BCUT2D eigenvalue weighted by Crippen LogP contribution is 2.28. The monoisotopic (exact) mass is 592 g/mol. The number of carbonyl (C=O) groups is 4. The minimum atomic E-state index is -1.02. The van der Waals surface area contributed by atoms with Crippen molar-refractivity contribution in [3.05, 3.63) is 58.6 Å². The second-order valence-corrected chi connectivity index (χ2v) is 10.2. The van der Waals surface area contributed by atoms with Gasteiger partial charge in [0.25, 0.3) is 0 Å². The summed E-state index contributed by atoms with van der Waals surface area (Å²) in [6.45, 7) is 6.93. The molecule has 0 fully saturated rings. The molecule has 12 nitrogen and oxygen atoms in total. The molecule has 0 heterocycles. The SMILES string of the molecule is COC(=O)C(C)=CC=CC(OC)C(OC(N)=O)C(C)=CC(C)C(O)C(CC(C)CC1=C(OC)C(=O)C=C(N)C1=O)OC. The first kappa shape index (κ1) is 36.3. The average Bonchev–Trinajstić information content (AvgIpc) is 2.94. The van der Waals surface area contributed by atoms with Crippen LogP contribution < -0.4 is 11.5 Å². The molecule has 1 aliphatic rings. The molecular formula is C30H44N2O10. The molecule has 42 heavy (non-hydrogen) atoms. The third-order valence-electron chi connectivity index (χ3n) is 6.88. The van der Waals surface area contributed by atoms with E-state index < -0.39 is 54.0 Å². The Labute approximate surface area is 247 Å². The fraction of sp³-hybridized carbons (Fsp3) is 0.533. The summed E-state index contributed by atoms with van der Waals surface area (Å²) in [5.41, 5.74) is 12.0. The number of ketones is 2. The van der Waals surface area contributed by atoms with Crippen LogP contribution in [0.25, 0.3) is 0 Å². The van der Waals surface area contributed by atoms with Crippen LogP contribution in [-0.4, -0.2) is 81.6 Å². The van der Waals surface area contributed by atoms with Crippen LogP contribution >= 0.6 is 0 Å². The zero-order valence-corrected chi connectivity index (χ0v) is 25.5. The maximum absolute atomic E-state index is 12.6. The van der Waals surface area contributed by atoms with Crippen LogP contribution in [-0.2, 0) is 38.1 Å². The van der Waals surface area contributed by atoms with Crippen molar-refractivity contribution < 1.29 is 48.0 Å². The average molecular weight is 593 g/mol. The first-order chi connectivity index (χ1) is 19.7. The molecule has 1 aliphatic carbocycles. The number of nitrogens with two attached hydrogens (primary N) is 2. The van der Waals surface area contributed by atoms with Gasteiger partial charge < -0.3 is 40.3 Å². The van der Waals surface area contributed by atoms with E-state index in [0.717, 1.165) is 6.08 Å². The Bertz CT molecular complexity index is 1150. The molecule has 1 amide bonds. The summed E-state index contributed by atoms with van der Waals surface area (Å²) in [4.78, 5) is 48.1. The number of esters is 1. The summed E-state index contributed by atoms with van der Waals surface area (Å²) < 4.78 is 26.3. The van der Waals surface area contributed by atoms with E-state index >= 15 is 0 Å². The van der Waals surface area contributed by atoms with E-state index in [1.165, 1.54) is 34.5 Å². The number of hydrogen-bond acceptors (Lipinski definition) is 11. The molecule has 0 aromatic rings. The van der Waals surface area contributed by atoms with Crippen molar-refractivity contribution in [2.45, 2.75) is 65.0 Å². The Hall–Kier alpha value is -3.74. The Morgan fingerprint density at radius 1 is 1.07 bits per heavy atom. The summed E-state index contributed by atoms with van der Waals surface area (Å²) in [7, 11) is 5.49. The molecule has 5 N–H and O–H groups in total. The lowest BCUT2D eigenvalue weighted by Gasteiger charge is -2.29. The van der Waals surface area contributed by atoms with Crippen LogP contribution in [0.2, 0.25) is 0 Å². The van der Waals surface area contributed by atoms with E-state index in [4.69, 9.17) is 30.4 Å². The lowest BCUT2D eigenvalue weighted by Crippen LogP contribution is -2.37. The third-order valence-corrected chi connectivity index (χ3v) is 6.88. The number of ether oxygens (including phenoxy) is 5. The summed E-state index contributed by atoms with van der Waals surface area (Å²) in [6.07, 6.45) is 3.66. The maximum Gasteiger partial charge on any atom is 0.405 e. The zero-order valence-electron chi connectivity index (χ0n) is 25.5. The van der Waals surface area contributed by atoms with Gasteiger partial charge in [-0.25, -0.2) is 9.59 Å². The lowest BCUT2D eigenvalue weighted by atomic mass is 9.85. The van der Waals surface area contributed by atoms with Gasteiger partial charge in [0.15, 0.2) is 11.9 Å². The number of aliphatic hydroxyl groups excluding tert-OH is 1. The minimum Gasteiger partial charge on any atom is -0.492 e. The summed E-state index contributed by atoms with van der Waals surface area (Å²) >= 11 is 0. The molecular weight excluding hydrogens is 548 g/mol. The number of rotatable bonds is 16. The van der Waals surface area contributed by atoms with Gasteiger partial charge in [0.1, 0.15) is 6.10 Å². The maximum atomic E-state index is 12.6. The first-order valence-corrected chi connectivity index (χ1v) is 13.4. The molecule has 0 aliphatic heterocycles. The van der Waals surface area contributed by atoms with Gasteiger partial charge in [-0.1, -0.05) is 38.2 Å². The fourth-order valence-electron chi connectivity index (χ4n) is 4.64. The van der Waals surface area contributed by atoms with Crippen LogP contribution in [0.5, 0.6) is 0 Å². The van der Waals surface area contributed by atoms with Gasteiger partial charge in [-0.15, -0.1) is 0 Å². The second kappa shape index (κ2) is 17.3. The number of Topliss-reactive ketones (excluding diaryl/α,β-unsaturated/α-hetero) is 1. The van der Waals surface area contributed by atoms with Gasteiger partial charge >= 0.3 is 12.1 Å². The molecule has 0 aromatic heterocycles. The third kappa shape index (κ3) is 10.3. The number of primary amides is 1. The smallest absolute Gasteiger partial charge is 0.405 e. The van der Waals surface area contributed by atoms with Crippen molar-refractivity contribution in [1.29, 1.82) is 0 Å². The van der Waals surface area contributed by atoms with E-state index in [0.29, 0.717) is 17.6 Å². The van der Waals surface area contributed by atoms with E-state index in [1.54, 1.807) is 39.0 Å². The largest absolute Gasteiger partial charge is 0.492 e. The minimum absolute atomic E-state index is 0.0410. The Balaban J connectivity index is 3.12. The highest BCUT2D eigenvalue weighted by molar-refractivity contribution is 6.21. The zero-order chi connectivity index (χ0) is 32.1. The van der Waals surface area contributed by atoms with Gasteiger partial charge in [-0.05, 0) is 38.2 Å². The highest BCUT2D eigenvalue weighted by Gasteiger charge is 2.32. The quantitative estimate of drug-likeness (QED) is 0.0785. The van der Waals surface area contributed by atoms with Crippen molar-refractivity contribution in [3.63, 3.8) is 0 Å². The number of allylic oxidation sites excluding steroid dienone is 4. The Morgan fingerprint density at radius 3 is 2.24 bits per heavy atom. The standard InChI is InChI=1S/C30H44N2O10/c1-16(12-20-26(35)21(31)15-22(33)28(20)40-7)13-24(39-6)25(34)18(3)14-19(4)27(42-30(32)37)23(38-5)11-9-10-17(2)29(36)41-8/h9-11,14-16,18,23-25,27,34H,12-13,31H2,1-8H3,(H2,32,37). The summed E-state index contributed by atoms with van der Waals surface area (Å²) in [6, 6.07) is 0. The topological polar surface area (TPSA) is 187 Å². The van der Waals surface area contributed by atoms with Gasteiger partial charge in [0, 0.05) is 37.4 Å². The molecule has 0 spiro atoms. The van der Waals surface area contributed by atoms with Crippen molar-refractivity contribution in [3.8, 4) is 0 Å². The Kier molecular flexibility index (Phi) is 14.9. The van der Waals surface area contributed by atoms with Gasteiger partial charge in [-0.2, -0.15) is 0 Å². The van der Waals surface area contributed by atoms with E-state index in [-0.39, 0.29) is 29.4 Å². The molecule has 1 rings (SSSR count). The van der Waals surface area contributed by atoms with E-state index in [9.17, 15) is 24.3 Å². The van der Waals surface area contributed by atoms with Crippen molar-refractivity contribution >= 4 is 23.6 Å². The van der Waals surface area contributed by atoms with Crippen LogP contribution in [0.1, 0.15) is 40.5 Å². The highest BCUT2D eigenvalue weighted by atomic mass is 16.6. The predicted molar refractivity (Wildman–Crippen MR) is 155 cm³/mol. The van der Waals surface area contributed by atoms with Crippen LogP contribution in [0.3, 0.4) is 0 Å². The van der Waals surface area contributed by atoms with Gasteiger partial charge in [0.05, 0.1) is 32.1 Å². The molecule has 12 heteroatoms. The van der Waals surface area contributed by atoms with Crippen LogP contribution in [0, 0.1) is 11.8 Å². The molecule has 0 aromatic carbocycles. The van der Waals surface area contributed by atoms with Crippen molar-refractivity contribution in [2.75, 3.05) is 28.4 Å². The molecule has 0 radical (unpaired) electrons. The van der Waals surface area contributed by atoms with E-state index in [2.05, 4.69) is 4.74 Å². The summed E-state index contributed by atoms with van der Waals surface area (Å²) in [5, 5.41) is 11.2. The second-order valence-electron chi connectivity index (χ2n) is 10.2. The van der Waals surface area contributed by atoms with Crippen molar-refractivity contribution in [1.82, 2.24) is 0 Å². The number of amides is 1. The van der Waals surface area contributed by atoms with Crippen LogP contribution in [0.4, 0.5) is 4.79 Å². The van der Waals surface area contributed by atoms with Crippen molar-refractivity contribution in [2.24, 2.45) is 23.3 Å². The molecule has 0 bridgehead atoms. The predicted octanol–water partition coefficient (Wildman–Crippen LogP) is 2.41. The van der Waals surface area contributed by atoms with Crippen LogP contribution in [0.15, 0.2) is 58.6 Å². The fourth-order valence-corrected chi connectivity index (χ4v) is 4.64. The number of carbonyl (C=O) groups excluding carboxylic acids is 4. The van der Waals surface area contributed by atoms with E-state index in [1.807, 2.05) is 6.92 Å². The molecule has 6 atom stereocenters. The summed E-state index contributed by atoms with van der Waals surface area (Å²) in [5.74, 6) is -2.14. The molecule has 0 saturated carbocycles. The molecule has 234 valence electrons. The number of aliphatic hydroxyl groups is 1. The Morgan fingerprint density at radius 2 is 1.71 bits per heavy atom. The number of methoxy groups -OCH3 is 4. The van der Waals surface area contributed by atoms with Gasteiger partial charge in [0.2, 0.25) is 11.6 Å². The molecule has 6 unspecified atom stereocenters. The van der Waals surface area contributed by atoms with Gasteiger partial charge in [-0.3, -0.25) is 9.59 Å². The normalized spacial score (nSPS) is 19.1. The molecule has 0 saturated heterocycles. The lowest BCUT2D eigenvalue weighted by molar-refractivity contribution is -0.136.